The Morgan fingerprint density at radius 3 is 2.71 bits per heavy atom. The molecule has 0 aliphatic carbocycles. The Bertz CT molecular complexity index is 834. The smallest absolute Gasteiger partial charge is 0.269 e. The van der Waals surface area contributed by atoms with Gasteiger partial charge in [-0.3, -0.25) is 14.6 Å². The number of nitrogens with one attached hydrogen (secondary N) is 2. The molecule has 7 nitrogen and oxygen atoms in total. The SMILES string of the molecule is CC(C)c1cc(C(=O)NCc2nc(-c3ccccc3)n[nH]2)n(C)n1. The zero-order valence-electron chi connectivity index (χ0n) is 13.9. The Morgan fingerprint density at radius 2 is 2.04 bits per heavy atom. The van der Waals surface area contributed by atoms with E-state index in [4.69, 9.17) is 0 Å². The summed E-state index contributed by atoms with van der Waals surface area (Å²) < 4.78 is 1.60. The van der Waals surface area contributed by atoms with E-state index in [0.717, 1.165) is 11.3 Å². The van der Waals surface area contributed by atoms with Crippen molar-refractivity contribution in [3.63, 3.8) is 0 Å². The van der Waals surface area contributed by atoms with Gasteiger partial charge in [0.25, 0.3) is 5.91 Å². The maximum atomic E-state index is 12.3. The average molecular weight is 324 g/mol. The van der Waals surface area contributed by atoms with Crippen LogP contribution < -0.4 is 5.32 Å². The highest BCUT2D eigenvalue weighted by atomic mass is 16.2. The summed E-state index contributed by atoms with van der Waals surface area (Å²) in [6.07, 6.45) is 0. The molecule has 0 fully saturated rings. The standard InChI is InChI=1S/C17H20N6O/c1-11(2)13-9-14(23(3)22-13)17(24)18-10-15-19-16(21-20-15)12-7-5-4-6-8-12/h4-9,11H,10H2,1-3H3,(H,18,24)(H,19,20,21). The number of aryl methyl sites for hydroxylation is 1. The maximum Gasteiger partial charge on any atom is 0.269 e. The predicted octanol–water partition coefficient (Wildman–Crippen LogP) is 2.26. The van der Waals surface area contributed by atoms with Crippen LogP contribution in [-0.2, 0) is 13.6 Å². The van der Waals surface area contributed by atoms with E-state index in [1.165, 1.54) is 0 Å². The fraction of sp³-hybridized carbons (Fsp3) is 0.294. The molecule has 7 heteroatoms. The van der Waals surface area contributed by atoms with Gasteiger partial charge in [0.2, 0.25) is 0 Å². The van der Waals surface area contributed by atoms with Crippen LogP contribution in [0.15, 0.2) is 36.4 Å². The molecule has 0 aliphatic heterocycles. The zero-order valence-corrected chi connectivity index (χ0v) is 13.9. The number of hydrogen-bond donors (Lipinski definition) is 2. The van der Waals surface area contributed by atoms with Crippen molar-refractivity contribution in [1.29, 1.82) is 0 Å². The molecule has 24 heavy (non-hydrogen) atoms. The van der Waals surface area contributed by atoms with Gasteiger partial charge < -0.3 is 5.32 Å². The van der Waals surface area contributed by atoms with Gasteiger partial charge in [-0.15, -0.1) is 0 Å². The van der Waals surface area contributed by atoms with E-state index in [1.54, 1.807) is 11.7 Å². The second-order valence-electron chi connectivity index (χ2n) is 5.89. The molecular formula is C17H20N6O. The first-order valence-electron chi connectivity index (χ1n) is 7.83. The van der Waals surface area contributed by atoms with Gasteiger partial charge in [0, 0.05) is 12.6 Å². The number of nitrogens with zero attached hydrogens (tertiary/aromatic N) is 4. The number of aromatic amines is 1. The minimum atomic E-state index is -0.186. The molecule has 1 aromatic carbocycles. The molecule has 0 unspecified atom stereocenters. The molecule has 0 spiro atoms. The lowest BCUT2D eigenvalue weighted by Crippen LogP contribution is -2.25. The molecule has 0 aliphatic rings. The number of rotatable bonds is 5. The summed E-state index contributed by atoms with van der Waals surface area (Å²) in [6.45, 7) is 4.37. The highest BCUT2D eigenvalue weighted by Gasteiger charge is 2.15. The number of H-pyrrole nitrogens is 1. The molecule has 2 heterocycles. The lowest BCUT2D eigenvalue weighted by Gasteiger charge is -2.02. The number of aromatic nitrogens is 5. The molecule has 2 N–H and O–H groups in total. The third-order valence-corrected chi connectivity index (χ3v) is 3.70. The van der Waals surface area contributed by atoms with E-state index < -0.39 is 0 Å². The topological polar surface area (TPSA) is 88.5 Å². The van der Waals surface area contributed by atoms with Crippen molar-refractivity contribution in [2.24, 2.45) is 7.05 Å². The number of carbonyl (C=O) groups excluding carboxylic acids is 1. The average Bonchev–Trinajstić information content (AvgIpc) is 3.20. The summed E-state index contributed by atoms with van der Waals surface area (Å²) in [5, 5.41) is 14.2. The highest BCUT2D eigenvalue weighted by Crippen LogP contribution is 2.14. The van der Waals surface area contributed by atoms with Crippen LogP contribution in [0.1, 0.15) is 41.8 Å². The van der Waals surface area contributed by atoms with Crippen molar-refractivity contribution in [1.82, 2.24) is 30.3 Å². The summed E-state index contributed by atoms with van der Waals surface area (Å²) in [4.78, 5) is 16.7. The van der Waals surface area contributed by atoms with Gasteiger partial charge in [0.15, 0.2) is 5.82 Å². The van der Waals surface area contributed by atoms with Crippen LogP contribution in [0.25, 0.3) is 11.4 Å². The second kappa shape index (κ2) is 6.66. The van der Waals surface area contributed by atoms with Crippen molar-refractivity contribution in [2.45, 2.75) is 26.3 Å². The quantitative estimate of drug-likeness (QED) is 0.753. The zero-order chi connectivity index (χ0) is 17.1. The van der Waals surface area contributed by atoms with Crippen LogP contribution in [0.5, 0.6) is 0 Å². The van der Waals surface area contributed by atoms with Crippen LogP contribution in [0.2, 0.25) is 0 Å². The van der Waals surface area contributed by atoms with E-state index in [-0.39, 0.29) is 18.4 Å². The molecule has 2 aromatic heterocycles. The molecule has 0 atom stereocenters. The minimum Gasteiger partial charge on any atom is -0.343 e. The molecular weight excluding hydrogens is 304 g/mol. The van der Waals surface area contributed by atoms with Crippen LogP contribution >= 0.6 is 0 Å². The Hall–Kier alpha value is -2.96. The van der Waals surface area contributed by atoms with Crippen molar-refractivity contribution in [3.05, 3.63) is 53.6 Å². The first-order valence-corrected chi connectivity index (χ1v) is 7.83. The van der Waals surface area contributed by atoms with Gasteiger partial charge in [-0.25, -0.2) is 4.98 Å². The van der Waals surface area contributed by atoms with Gasteiger partial charge in [0.05, 0.1) is 12.2 Å². The Labute approximate surface area is 140 Å². The second-order valence-corrected chi connectivity index (χ2v) is 5.89. The first kappa shape index (κ1) is 15.9. The van der Waals surface area contributed by atoms with Crippen LogP contribution in [0, 0.1) is 0 Å². The number of carbonyl (C=O) groups is 1. The summed E-state index contributed by atoms with van der Waals surface area (Å²) in [5.74, 6) is 1.31. The Kier molecular flexibility index (Phi) is 4.41. The molecule has 0 bridgehead atoms. The van der Waals surface area contributed by atoms with Gasteiger partial charge in [-0.1, -0.05) is 44.2 Å². The molecule has 0 saturated carbocycles. The molecule has 0 saturated heterocycles. The Balaban J connectivity index is 1.66. The Morgan fingerprint density at radius 1 is 1.29 bits per heavy atom. The lowest BCUT2D eigenvalue weighted by molar-refractivity contribution is 0.0940. The number of benzene rings is 1. The van der Waals surface area contributed by atoms with E-state index in [2.05, 4.69) is 25.6 Å². The summed E-state index contributed by atoms with van der Waals surface area (Å²) in [6, 6.07) is 11.5. The third kappa shape index (κ3) is 3.34. The summed E-state index contributed by atoms with van der Waals surface area (Å²) >= 11 is 0. The van der Waals surface area contributed by atoms with E-state index >= 15 is 0 Å². The minimum absolute atomic E-state index is 0.186. The molecule has 1 amide bonds. The van der Waals surface area contributed by atoms with Gasteiger partial charge in [-0.2, -0.15) is 10.2 Å². The van der Waals surface area contributed by atoms with Gasteiger partial charge in [-0.05, 0) is 12.0 Å². The third-order valence-electron chi connectivity index (χ3n) is 3.70. The van der Waals surface area contributed by atoms with Crippen LogP contribution in [0.4, 0.5) is 0 Å². The number of hydrogen-bond acceptors (Lipinski definition) is 4. The van der Waals surface area contributed by atoms with Crippen LogP contribution in [-0.4, -0.2) is 30.9 Å². The molecule has 3 rings (SSSR count). The maximum absolute atomic E-state index is 12.3. The van der Waals surface area contributed by atoms with E-state index in [1.807, 2.05) is 50.2 Å². The van der Waals surface area contributed by atoms with Gasteiger partial charge in [0.1, 0.15) is 11.5 Å². The van der Waals surface area contributed by atoms with E-state index in [9.17, 15) is 4.79 Å². The molecule has 3 aromatic rings. The van der Waals surface area contributed by atoms with Crippen molar-refractivity contribution < 1.29 is 4.79 Å². The van der Waals surface area contributed by atoms with Crippen molar-refractivity contribution in [3.8, 4) is 11.4 Å². The van der Waals surface area contributed by atoms with E-state index in [0.29, 0.717) is 17.3 Å². The van der Waals surface area contributed by atoms with Crippen molar-refractivity contribution >= 4 is 5.91 Å². The first-order chi connectivity index (χ1) is 11.5. The summed E-state index contributed by atoms with van der Waals surface area (Å²) in [5.41, 5.74) is 2.36. The fourth-order valence-electron chi connectivity index (χ4n) is 2.33. The summed E-state index contributed by atoms with van der Waals surface area (Å²) in [7, 11) is 1.77. The van der Waals surface area contributed by atoms with Crippen molar-refractivity contribution in [2.75, 3.05) is 0 Å². The van der Waals surface area contributed by atoms with Gasteiger partial charge >= 0.3 is 0 Å². The lowest BCUT2D eigenvalue weighted by atomic mass is 10.1. The monoisotopic (exact) mass is 324 g/mol. The molecule has 124 valence electrons. The predicted molar refractivity (Wildman–Crippen MR) is 90.3 cm³/mol. The fourth-order valence-corrected chi connectivity index (χ4v) is 2.33. The van der Waals surface area contributed by atoms with Crippen LogP contribution in [0.3, 0.4) is 0 Å². The number of amides is 1. The highest BCUT2D eigenvalue weighted by molar-refractivity contribution is 5.92. The largest absolute Gasteiger partial charge is 0.343 e. The molecule has 0 radical (unpaired) electrons. The normalized spacial score (nSPS) is 11.0.